The van der Waals surface area contributed by atoms with Gasteiger partial charge < -0.3 is 9.32 Å². The van der Waals surface area contributed by atoms with E-state index in [1.165, 1.54) is 5.56 Å². The topological polar surface area (TPSA) is 89.9 Å². The van der Waals surface area contributed by atoms with Crippen molar-refractivity contribution in [1.29, 1.82) is 0 Å². The summed E-state index contributed by atoms with van der Waals surface area (Å²) in [5, 5.41) is 7.57. The summed E-state index contributed by atoms with van der Waals surface area (Å²) in [6, 6.07) is 15.6. The minimum Gasteiger partial charge on any atom is -0.445 e. The molecule has 0 N–H and O–H groups in total. The molecule has 0 bridgehead atoms. The Morgan fingerprint density at radius 3 is 2.63 bits per heavy atom. The zero-order valence-electron chi connectivity index (χ0n) is 16.3. The quantitative estimate of drug-likeness (QED) is 0.512. The van der Waals surface area contributed by atoms with E-state index >= 15 is 0 Å². The number of benzene rings is 1. The fourth-order valence-electron chi connectivity index (χ4n) is 3.60. The van der Waals surface area contributed by atoms with Gasteiger partial charge in [-0.25, -0.2) is 9.97 Å². The Balaban J connectivity index is 1.28. The van der Waals surface area contributed by atoms with Gasteiger partial charge in [-0.2, -0.15) is 0 Å². The highest BCUT2D eigenvalue weighted by atomic mass is 16.4. The molecule has 150 valence electrons. The standard InChI is InChI=1S/C22H20N6O2/c29-22(17-7-4-8-20(25-17)28-14-23-24-15-28)27-12-11-19-18(13-27)26-21(30-19)10-9-16-5-2-1-3-6-16/h1-8,14-15H,9-13H2. The lowest BCUT2D eigenvalue weighted by molar-refractivity contribution is 0.0722. The third-order valence-corrected chi connectivity index (χ3v) is 5.17. The summed E-state index contributed by atoms with van der Waals surface area (Å²) in [5.41, 5.74) is 2.48. The van der Waals surface area contributed by atoms with Gasteiger partial charge in [0.15, 0.2) is 5.89 Å². The molecule has 0 saturated carbocycles. The Kier molecular flexibility index (Phi) is 4.80. The van der Waals surface area contributed by atoms with Crippen LogP contribution in [0.4, 0.5) is 0 Å². The summed E-state index contributed by atoms with van der Waals surface area (Å²) >= 11 is 0. The van der Waals surface area contributed by atoms with Crippen molar-refractivity contribution >= 4 is 5.91 Å². The molecule has 0 unspecified atom stereocenters. The summed E-state index contributed by atoms with van der Waals surface area (Å²) in [5.74, 6) is 2.09. The average Bonchev–Trinajstić information content (AvgIpc) is 3.47. The number of amides is 1. The zero-order valence-corrected chi connectivity index (χ0v) is 16.3. The first-order valence-electron chi connectivity index (χ1n) is 9.89. The highest BCUT2D eigenvalue weighted by Crippen LogP contribution is 2.22. The summed E-state index contributed by atoms with van der Waals surface area (Å²) in [6.45, 7) is 1.01. The second-order valence-corrected chi connectivity index (χ2v) is 7.19. The molecule has 0 saturated heterocycles. The average molecular weight is 400 g/mol. The van der Waals surface area contributed by atoms with Gasteiger partial charge >= 0.3 is 0 Å². The lowest BCUT2D eigenvalue weighted by Crippen LogP contribution is -2.36. The van der Waals surface area contributed by atoms with Crippen LogP contribution in [0.5, 0.6) is 0 Å². The number of fused-ring (bicyclic) bond motifs is 1. The fraction of sp³-hybridized carbons (Fsp3) is 0.227. The molecule has 1 aliphatic heterocycles. The number of aromatic nitrogens is 5. The Labute approximate surface area is 173 Å². The molecule has 1 aliphatic rings. The molecule has 4 aromatic rings. The van der Waals surface area contributed by atoms with Gasteiger partial charge in [-0.3, -0.25) is 9.36 Å². The van der Waals surface area contributed by atoms with Crippen LogP contribution in [0.1, 0.15) is 33.4 Å². The van der Waals surface area contributed by atoms with Crippen LogP contribution < -0.4 is 0 Å². The molecule has 0 fully saturated rings. The van der Waals surface area contributed by atoms with Gasteiger partial charge in [-0.05, 0) is 24.1 Å². The van der Waals surface area contributed by atoms with E-state index in [1.54, 1.807) is 28.2 Å². The summed E-state index contributed by atoms with van der Waals surface area (Å²) in [4.78, 5) is 23.9. The van der Waals surface area contributed by atoms with Gasteiger partial charge in [0, 0.05) is 19.4 Å². The molecular weight excluding hydrogens is 380 g/mol. The van der Waals surface area contributed by atoms with Crippen molar-refractivity contribution in [3.8, 4) is 5.82 Å². The molecule has 5 rings (SSSR count). The van der Waals surface area contributed by atoms with Crippen LogP contribution in [0.3, 0.4) is 0 Å². The van der Waals surface area contributed by atoms with E-state index in [9.17, 15) is 4.79 Å². The van der Waals surface area contributed by atoms with Gasteiger partial charge in [-0.1, -0.05) is 36.4 Å². The van der Waals surface area contributed by atoms with Crippen molar-refractivity contribution in [2.75, 3.05) is 6.54 Å². The Morgan fingerprint density at radius 1 is 0.967 bits per heavy atom. The van der Waals surface area contributed by atoms with Crippen LogP contribution in [-0.2, 0) is 25.8 Å². The number of carbonyl (C=O) groups excluding carboxylic acids is 1. The third-order valence-electron chi connectivity index (χ3n) is 5.17. The number of oxazole rings is 1. The maximum Gasteiger partial charge on any atom is 0.272 e. The molecule has 1 aromatic carbocycles. The highest BCUT2D eigenvalue weighted by Gasteiger charge is 2.27. The van der Waals surface area contributed by atoms with Crippen LogP contribution >= 0.6 is 0 Å². The van der Waals surface area contributed by atoms with Crippen molar-refractivity contribution < 1.29 is 9.21 Å². The molecule has 8 nitrogen and oxygen atoms in total. The molecule has 0 spiro atoms. The molecule has 0 aliphatic carbocycles. The molecule has 1 amide bonds. The first kappa shape index (κ1) is 18.2. The summed E-state index contributed by atoms with van der Waals surface area (Å²) < 4.78 is 7.62. The highest BCUT2D eigenvalue weighted by molar-refractivity contribution is 5.92. The number of hydrogen-bond donors (Lipinski definition) is 0. The van der Waals surface area contributed by atoms with Crippen molar-refractivity contribution in [3.05, 3.63) is 89.8 Å². The van der Waals surface area contributed by atoms with E-state index in [4.69, 9.17) is 4.42 Å². The predicted octanol–water partition coefficient (Wildman–Crippen LogP) is 2.63. The van der Waals surface area contributed by atoms with E-state index in [0.29, 0.717) is 31.0 Å². The van der Waals surface area contributed by atoms with Gasteiger partial charge in [0.05, 0.1) is 6.54 Å². The van der Waals surface area contributed by atoms with E-state index in [0.717, 1.165) is 30.2 Å². The first-order valence-corrected chi connectivity index (χ1v) is 9.89. The fourth-order valence-corrected chi connectivity index (χ4v) is 3.60. The number of hydrogen-bond acceptors (Lipinski definition) is 6. The number of nitrogens with zero attached hydrogens (tertiary/aromatic N) is 6. The summed E-state index contributed by atoms with van der Waals surface area (Å²) in [6.07, 6.45) is 5.38. The van der Waals surface area contributed by atoms with Crippen molar-refractivity contribution in [2.45, 2.75) is 25.8 Å². The SMILES string of the molecule is O=C(c1cccc(-n2cnnc2)n1)N1CCc2oc(CCc3ccccc3)nc2C1. The maximum atomic E-state index is 13.0. The Hall–Kier alpha value is -3.81. The largest absolute Gasteiger partial charge is 0.445 e. The van der Waals surface area contributed by atoms with E-state index in [-0.39, 0.29) is 5.91 Å². The van der Waals surface area contributed by atoms with E-state index < -0.39 is 0 Å². The van der Waals surface area contributed by atoms with Gasteiger partial charge in [0.1, 0.15) is 35.6 Å². The van der Waals surface area contributed by atoms with Crippen molar-refractivity contribution in [3.63, 3.8) is 0 Å². The van der Waals surface area contributed by atoms with Crippen LogP contribution in [0.2, 0.25) is 0 Å². The van der Waals surface area contributed by atoms with Crippen LogP contribution in [0.25, 0.3) is 5.82 Å². The van der Waals surface area contributed by atoms with Gasteiger partial charge in [-0.15, -0.1) is 10.2 Å². The Bertz CT molecular complexity index is 1150. The smallest absolute Gasteiger partial charge is 0.272 e. The minimum atomic E-state index is -0.121. The third kappa shape index (κ3) is 3.71. The lowest BCUT2D eigenvalue weighted by atomic mass is 10.1. The van der Waals surface area contributed by atoms with E-state index in [2.05, 4.69) is 32.3 Å². The molecule has 8 heteroatoms. The van der Waals surface area contributed by atoms with Crippen molar-refractivity contribution in [1.82, 2.24) is 29.6 Å². The second-order valence-electron chi connectivity index (χ2n) is 7.19. The zero-order chi connectivity index (χ0) is 20.3. The second kappa shape index (κ2) is 7.90. The first-order chi connectivity index (χ1) is 14.8. The van der Waals surface area contributed by atoms with Crippen LogP contribution in [0.15, 0.2) is 65.6 Å². The number of rotatable bonds is 5. The monoisotopic (exact) mass is 400 g/mol. The molecule has 0 atom stereocenters. The van der Waals surface area contributed by atoms with Crippen molar-refractivity contribution in [2.24, 2.45) is 0 Å². The molecular formula is C22H20N6O2. The van der Waals surface area contributed by atoms with Gasteiger partial charge in [0.25, 0.3) is 5.91 Å². The minimum absolute atomic E-state index is 0.121. The van der Waals surface area contributed by atoms with Gasteiger partial charge in [0.2, 0.25) is 0 Å². The number of carbonyl (C=O) groups is 1. The molecule has 30 heavy (non-hydrogen) atoms. The summed E-state index contributed by atoms with van der Waals surface area (Å²) in [7, 11) is 0. The molecule has 4 heterocycles. The molecule has 0 radical (unpaired) electrons. The maximum absolute atomic E-state index is 13.0. The number of pyridine rings is 1. The normalized spacial score (nSPS) is 13.3. The van der Waals surface area contributed by atoms with Crippen LogP contribution in [0, 0.1) is 0 Å². The number of aryl methyl sites for hydroxylation is 2. The predicted molar refractivity (Wildman–Crippen MR) is 108 cm³/mol. The molecule has 3 aromatic heterocycles. The van der Waals surface area contributed by atoms with Crippen LogP contribution in [-0.4, -0.2) is 42.1 Å². The van der Waals surface area contributed by atoms with E-state index in [1.807, 2.05) is 30.3 Å². The Morgan fingerprint density at radius 2 is 1.80 bits per heavy atom. The lowest BCUT2D eigenvalue weighted by Gasteiger charge is -2.25.